The number of pyridine rings is 1. The number of hydrogen-bond donors (Lipinski definition) is 1. The van der Waals surface area contributed by atoms with Gasteiger partial charge in [0, 0.05) is 4.47 Å². The molecule has 1 N–H and O–H groups in total. The van der Waals surface area contributed by atoms with Crippen molar-refractivity contribution < 1.29 is 4.39 Å². The first kappa shape index (κ1) is 11.6. The summed E-state index contributed by atoms with van der Waals surface area (Å²) in [5, 5.41) is 11.7. The largest absolute Gasteiger partial charge is 0.339 e. The molecular weight excluding hydrogens is 285 g/mol. The molecule has 2 rings (SSSR count). The van der Waals surface area contributed by atoms with Gasteiger partial charge in [-0.05, 0) is 46.3 Å². The van der Waals surface area contributed by atoms with Gasteiger partial charge in [0.15, 0.2) is 0 Å². The molecule has 0 amide bonds. The van der Waals surface area contributed by atoms with Crippen molar-refractivity contribution in [1.82, 2.24) is 4.98 Å². The lowest BCUT2D eigenvalue weighted by molar-refractivity contribution is 0.585. The Kier molecular flexibility index (Phi) is 3.35. The number of nitrogens with one attached hydrogen (secondary N) is 1. The summed E-state index contributed by atoms with van der Waals surface area (Å²) in [5.74, 6) is -0.129. The average Bonchev–Trinajstić information content (AvgIpc) is 2.32. The minimum absolute atomic E-state index is 0.412. The summed E-state index contributed by atoms with van der Waals surface area (Å²) in [6.07, 6.45) is 0. The Morgan fingerprint density at radius 1 is 1.29 bits per heavy atom. The first-order chi connectivity index (χ1) is 8.19. The van der Waals surface area contributed by atoms with Gasteiger partial charge in [0.1, 0.15) is 5.82 Å². The van der Waals surface area contributed by atoms with Crippen LogP contribution in [0.25, 0.3) is 0 Å². The predicted molar refractivity (Wildman–Crippen MR) is 66.3 cm³/mol. The van der Waals surface area contributed by atoms with Crippen LogP contribution in [0.5, 0.6) is 0 Å². The number of aromatic nitrogens is 1. The van der Waals surface area contributed by atoms with Crippen molar-refractivity contribution >= 4 is 27.4 Å². The van der Waals surface area contributed by atoms with Crippen molar-refractivity contribution in [2.45, 2.75) is 0 Å². The van der Waals surface area contributed by atoms with Crippen LogP contribution in [-0.2, 0) is 0 Å². The van der Waals surface area contributed by atoms with E-state index in [-0.39, 0.29) is 0 Å². The summed E-state index contributed by atoms with van der Waals surface area (Å²) < 4.78 is 13.6. The Hall–Kier alpha value is -1.93. The number of halogens is 2. The van der Waals surface area contributed by atoms with E-state index in [9.17, 15) is 4.39 Å². The maximum Gasteiger partial charge on any atom is 0.214 e. The van der Waals surface area contributed by atoms with Crippen molar-refractivity contribution in [3.05, 3.63) is 52.4 Å². The van der Waals surface area contributed by atoms with Crippen LogP contribution in [0.4, 0.5) is 15.9 Å². The number of nitrogens with zero attached hydrogens (tertiary/aromatic N) is 2. The van der Waals surface area contributed by atoms with Crippen LogP contribution < -0.4 is 5.32 Å². The van der Waals surface area contributed by atoms with Crippen LogP contribution >= 0.6 is 15.9 Å². The summed E-state index contributed by atoms with van der Waals surface area (Å²) in [4.78, 5) is 3.69. The Morgan fingerprint density at radius 2 is 2.12 bits per heavy atom. The molecule has 0 aliphatic heterocycles. The van der Waals surface area contributed by atoms with Crippen molar-refractivity contribution in [1.29, 1.82) is 5.26 Å². The van der Waals surface area contributed by atoms with Gasteiger partial charge in [-0.3, -0.25) is 0 Å². The second kappa shape index (κ2) is 4.93. The Labute approximate surface area is 106 Å². The molecule has 0 radical (unpaired) electrons. The zero-order valence-electron chi connectivity index (χ0n) is 8.61. The summed E-state index contributed by atoms with van der Waals surface area (Å²) in [5.41, 5.74) is 1.27. The van der Waals surface area contributed by atoms with Crippen LogP contribution in [0.2, 0.25) is 0 Å². The molecule has 0 fully saturated rings. The lowest BCUT2D eigenvalue weighted by atomic mass is 10.2. The van der Waals surface area contributed by atoms with E-state index in [1.54, 1.807) is 30.3 Å². The number of benzene rings is 1. The van der Waals surface area contributed by atoms with E-state index in [2.05, 4.69) is 26.2 Å². The maximum atomic E-state index is 12.9. The topological polar surface area (TPSA) is 48.7 Å². The molecule has 1 heterocycles. The van der Waals surface area contributed by atoms with E-state index in [1.807, 2.05) is 6.07 Å². The van der Waals surface area contributed by atoms with Crippen molar-refractivity contribution in [2.24, 2.45) is 0 Å². The average molecular weight is 292 g/mol. The minimum atomic E-state index is -0.542. The second-order valence-corrected chi connectivity index (χ2v) is 4.13. The second-order valence-electron chi connectivity index (χ2n) is 3.28. The zero-order chi connectivity index (χ0) is 12.3. The molecule has 3 nitrogen and oxygen atoms in total. The highest BCUT2D eigenvalue weighted by Crippen LogP contribution is 2.26. The van der Waals surface area contributed by atoms with Gasteiger partial charge in [0.05, 0.1) is 17.3 Å². The molecule has 84 valence electrons. The molecule has 0 spiro atoms. The molecular formula is C12H7BrFN3. The van der Waals surface area contributed by atoms with Gasteiger partial charge in [-0.2, -0.15) is 9.65 Å². The molecule has 0 atom stereocenters. The first-order valence-electron chi connectivity index (χ1n) is 4.78. The van der Waals surface area contributed by atoms with Gasteiger partial charge < -0.3 is 5.32 Å². The van der Waals surface area contributed by atoms with E-state index in [0.717, 1.165) is 10.2 Å². The fourth-order valence-electron chi connectivity index (χ4n) is 1.30. The third-order valence-electron chi connectivity index (χ3n) is 2.08. The lowest BCUT2D eigenvalue weighted by Gasteiger charge is -2.07. The normalized spacial score (nSPS) is 9.71. The summed E-state index contributed by atoms with van der Waals surface area (Å²) in [7, 11) is 0. The molecule has 0 saturated heterocycles. The third-order valence-corrected chi connectivity index (χ3v) is 2.73. The molecule has 17 heavy (non-hydrogen) atoms. The Morgan fingerprint density at radius 3 is 2.76 bits per heavy atom. The minimum Gasteiger partial charge on any atom is -0.339 e. The molecule has 5 heteroatoms. The Bertz CT molecular complexity index is 593. The number of hydrogen-bond acceptors (Lipinski definition) is 3. The van der Waals surface area contributed by atoms with Gasteiger partial charge in [0.2, 0.25) is 5.95 Å². The molecule has 0 bridgehead atoms. The molecule has 0 aliphatic rings. The number of rotatable bonds is 2. The highest BCUT2D eigenvalue weighted by Gasteiger charge is 2.03. The summed E-state index contributed by atoms with van der Waals surface area (Å²) in [6.45, 7) is 0. The fraction of sp³-hybridized carbons (Fsp3) is 0. The summed E-state index contributed by atoms with van der Waals surface area (Å²) in [6, 6.07) is 11.6. The molecule has 0 saturated carbocycles. The molecule has 1 aromatic heterocycles. The number of anilines is 2. The smallest absolute Gasteiger partial charge is 0.214 e. The zero-order valence-corrected chi connectivity index (χ0v) is 10.2. The van der Waals surface area contributed by atoms with Gasteiger partial charge in [0.25, 0.3) is 0 Å². The lowest BCUT2D eigenvalue weighted by Crippen LogP contribution is -1.95. The third kappa shape index (κ3) is 2.80. The van der Waals surface area contributed by atoms with Gasteiger partial charge in [-0.1, -0.05) is 6.07 Å². The van der Waals surface area contributed by atoms with Gasteiger partial charge >= 0.3 is 0 Å². The molecule has 1 aromatic carbocycles. The monoisotopic (exact) mass is 291 g/mol. The van der Waals surface area contributed by atoms with Crippen molar-refractivity contribution in [3.63, 3.8) is 0 Å². The molecule has 0 aliphatic carbocycles. The number of nitriles is 1. The molecule has 0 unspecified atom stereocenters. The highest BCUT2D eigenvalue weighted by atomic mass is 79.9. The van der Waals surface area contributed by atoms with Crippen molar-refractivity contribution in [2.75, 3.05) is 5.32 Å². The Balaban J connectivity index is 2.28. The van der Waals surface area contributed by atoms with Crippen molar-refractivity contribution in [3.8, 4) is 6.07 Å². The van der Waals surface area contributed by atoms with Gasteiger partial charge in [-0.25, -0.2) is 4.98 Å². The van der Waals surface area contributed by atoms with E-state index in [4.69, 9.17) is 5.26 Å². The fourth-order valence-corrected chi connectivity index (χ4v) is 1.78. The van der Waals surface area contributed by atoms with Gasteiger partial charge in [-0.15, -0.1) is 0 Å². The highest BCUT2D eigenvalue weighted by molar-refractivity contribution is 9.10. The standard InChI is InChI=1S/C12H7BrFN3/c13-9-6-8(7-15)4-5-10(9)16-12-3-1-2-11(14)17-12/h1-6H,(H,16,17). The van der Waals surface area contributed by atoms with E-state index in [1.165, 1.54) is 6.07 Å². The van der Waals surface area contributed by atoms with E-state index in [0.29, 0.717) is 11.4 Å². The SMILES string of the molecule is N#Cc1ccc(Nc2cccc(F)n2)c(Br)c1. The maximum absolute atomic E-state index is 12.9. The van der Waals surface area contributed by atoms with Crippen LogP contribution in [0, 0.1) is 17.3 Å². The van der Waals surface area contributed by atoms with Crippen LogP contribution in [0.15, 0.2) is 40.9 Å². The molecule has 2 aromatic rings. The quantitative estimate of drug-likeness (QED) is 0.860. The summed E-state index contributed by atoms with van der Waals surface area (Å²) >= 11 is 3.33. The van der Waals surface area contributed by atoms with Crippen LogP contribution in [0.3, 0.4) is 0 Å². The van der Waals surface area contributed by atoms with E-state index >= 15 is 0 Å². The van der Waals surface area contributed by atoms with Crippen LogP contribution in [-0.4, -0.2) is 4.98 Å². The predicted octanol–water partition coefficient (Wildman–Crippen LogP) is 3.60. The first-order valence-corrected chi connectivity index (χ1v) is 5.57. The van der Waals surface area contributed by atoms with Crippen LogP contribution in [0.1, 0.15) is 5.56 Å². The van der Waals surface area contributed by atoms with E-state index < -0.39 is 5.95 Å².